The number of carboxylic acids is 1. The fourth-order valence-corrected chi connectivity index (χ4v) is 4.00. The number of rotatable bonds is 6. The molecule has 0 aromatic carbocycles. The van der Waals surface area contributed by atoms with E-state index in [0.717, 1.165) is 0 Å². The third kappa shape index (κ3) is 5.20. The molecule has 10 N–H and O–H groups in total. The molecule has 0 radical (unpaired) electrons. The molecule has 3 saturated heterocycles. The number of aliphatic carboxylic acids is 1. The fraction of sp³-hybridized carbons (Fsp3) is 0.944. The molecule has 16 nitrogen and oxygen atoms in total. The first-order chi connectivity index (χ1) is 15.9. The van der Waals surface area contributed by atoms with Gasteiger partial charge in [-0.05, 0) is 6.92 Å². The standard InChI is InChI=1S/C18H30O16/c1-3-12(32-18-10(25)7(22)8(23)14(34-18)15(27)28)13(11(26)16(29)30-3)33-17-9(24)6(21)5(20)4(2-19)31-17/h3-14,16-26,29H,2H2,1H3,(H,27,28)/t3-,4+,5-,6-,7-,8-,9+,10+,11+,12-,13-,14-,16?,17-,18+/m0/s1. The summed E-state index contributed by atoms with van der Waals surface area (Å²) in [5.74, 6) is -1.66. The normalized spacial score (nSPS) is 52.4. The van der Waals surface area contributed by atoms with E-state index >= 15 is 0 Å². The molecular formula is C18H30O16. The summed E-state index contributed by atoms with van der Waals surface area (Å²) in [6.07, 6.45) is -26.2. The van der Waals surface area contributed by atoms with Gasteiger partial charge in [0.25, 0.3) is 0 Å². The Morgan fingerprint density at radius 3 is 1.79 bits per heavy atom. The molecule has 3 aliphatic heterocycles. The van der Waals surface area contributed by atoms with Crippen LogP contribution in [0.15, 0.2) is 0 Å². The van der Waals surface area contributed by atoms with E-state index < -0.39 is 105 Å². The van der Waals surface area contributed by atoms with E-state index in [-0.39, 0.29) is 0 Å². The molecule has 0 spiro atoms. The Labute approximate surface area is 192 Å². The van der Waals surface area contributed by atoms with Crippen LogP contribution in [0.1, 0.15) is 6.92 Å². The van der Waals surface area contributed by atoms with Crippen molar-refractivity contribution >= 4 is 5.97 Å². The van der Waals surface area contributed by atoms with E-state index in [9.17, 15) is 55.9 Å². The lowest BCUT2D eigenvalue weighted by Crippen LogP contribution is -2.66. The first-order valence-corrected chi connectivity index (χ1v) is 10.4. The van der Waals surface area contributed by atoms with Crippen LogP contribution in [0.2, 0.25) is 0 Å². The molecule has 34 heavy (non-hydrogen) atoms. The Bertz CT molecular complexity index is 693. The van der Waals surface area contributed by atoms with Gasteiger partial charge < -0.3 is 74.7 Å². The summed E-state index contributed by atoms with van der Waals surface area (Å²) in [4.78, 5) is 11.3. The Morgan fingerprint density at radius 1 is 0.706 bits per heavy atom. The van der Waals surface area contributed by atoms with Gasteiger partial charge in [-0.25, -0.2) is 4.79 Å². The topological polar surface area (TPSA) is 266 Å². The van der Waals surface area contributed by atoms with E-state index in [0.29, 0.717) is 0 Å². The smallest absolute Gasteiger partial charge is 0.335 e. The van der Waals surface area contributed by atoms with Gasteiger partial charge in [-0.1, -0.05) is 0 Å². The van der Waals surface area contributed by atoms with Crippen molar-refractivity contribution in [2.45, 2.75) is 99.0 Å². The molecule has 16 heteroatoms. The molecule has 1 unspecified atom stereocenters. The van der Waals surface area contributed by atoms with Crippen LogP contribution < -0.4 is 0 Å². The molecule has 0 aliphatic carbocycles. The number of aliphatic hydroxyl groups excluding tert-OH is 9. The molecule has 0 amide bonds. The minimum Gasteiger partial charge on any atom is -0.479 e. The van der Waals surface area contributed by atoms with Gasteiger partial charge in [-0.3, -0.25) is 0 Å². The maximum atomic E-state index is 11.3. The van der Waals surface area contributed by atoms with Crippen molar-refractivity contribution in [3.05, 3.63) is 0 Å². The van der Waals surface area contributed by atoms with Crippen molar-refractivity contribution in [1.82, 2.24) is 0 Å². The van der Waals surface area contributed by atoms with E-state index in [1.165, 1.54) is 6.92 Å². The minimum atomic E-state index is -1.99. The van der Waals surface area contributed by atoms with E-state index in [4.69, 9.17) is 23.7 Å². The first-order valence-electron chi connectivity index (χ1n) is 10.4. The Morgan fingerprint density at radius 2 is 1.24 bits per heavy atom. The molecule has 0 aromatic heterocycles. The van der Waals surface area contributed by atoms with E-state index in [1.54, 1.807) is 0 Å². The zero-order chi connectivity index (χ0) is 25.5. The van der Waals surface area contributed by atoms with Crippen molar-refractivity contribution in [2.75, 3.05) is 6.61 Å². The van der Waals surface area contributed by atoms with Gasteiger partial charge >= 0.3 is 5.97 Å². The summed E-state index contributed by atoms with van der Waals surface area (Å²) in [6, 6.07) is 0. The van der Waals surface area contributed by atoms with Gasteiger partial charge in [0.1, 0.15) is 61.0 Å². The van der Waals surface area contributed by atoms with Gasteiger partial charge in [0.05, 0.1) is 12.7 Å². The van der Waals surface area contributed by atoms with Crippen molar-refractivity contribution in [3.63, 3.8) is 0 Å². The number of hydrogen-bond donors (Lipinski definition) is 10. The largest absolute Gasteiger partial charge is 0.479 e. The quantitative estimate of drug-likeness (QED) is 0.162. The van der Waals surface area contributed by atoms with Crippen molar-refractivity contribution in [3.8, 4) is 0 Å². The van der Waals surface area contributed by atoms with Gasteiger partial charge in [0, 0.05) is 0 Å². The Kier molecular flexibility index (Phi) is 8.81. The third-order valence-electron chi connectivity index (χ3n) is 6.01. The monoisotopic (exact) mass is 502 g/mol. The molecule has 0 saturated carbocycles. The van der Waals surface area contributed by atoms with Crippen molar-refractivity contribution in [2.24, 2.45) is 0 Å². The van der Waals surface area contributed by atoms with Crippen LogP contribution in [0.4, 0.5) is 0 Å². The maximum absolute atomic E-state index is 11.3. The second-order valence-electron chi connectivity index (χ2n) is 8.36. The van der Waals surface area contributed by atoms with Crippen LogP contribution in [-0.2, 0) is 28.5 Å². The number of carbonyl (C=O) groups is 1. The average Bonchev–Trinajstić information content (AvgIpc) is 2.79. The second-order valence-corrected chi connectivity index (χ2v) is 8.36. The predicted octanol–water partition coefficient (Wildman–Crippen LogP) is -6.45. The highest BCUT2D eigenvalue weighted by Crippen LogP contribution is 2.32. The average molecular weight is 502 g/mol. The third-order valence-corrected chi connectivity index (χ3v) is 6.01. The summed E-state index contributed by atoms with van der Waals surface area (Å²) in [5.41, 5.74) is 0. The lowest BCUT2D eigenvalue weighted by molar-refractivity contribution is -0.378. The highest BCUT2D eigenvalue weighted by molar-refractivity contribution is 5.73. The number of ether oxygens (including phenoxy) is 5. The SMILES string of the molecule is C[C@@H]1OC(O)[C@H](O)[C@H](O[C@@H]2O[C@H](CO)[C@H](O)[C@H](O)[C@H]2O)[C@H]1O[C@@H]1O[C@H](C(=O)O)[C@@H](O)[C@H](O)[C@H]1O. The van der Waals surface area contributed by atoms with Crippen LogP contribution in [0, 0.1) is 0 Å². The van der Waals surface area contributed by atoms with E-state index in [2.05, 4.69) is 0 Å². The molecule has 15 atom stereocenters. The van der Waals surface area contributed by atoms with Gasteiger partial charge in [-0.15, -0.1) is 0 Å². The Hall–Kier alpha value is -1.09. The summed E-state index contributed by atoms with van der Waals surface area (Å²) < 4.78 is 26.5. The predicted molar refractivity (Wildman–Crippen MR) is 100 cm³/mol. The van der Waals surface area contributed by atoms with Gasteiger partial charge in [-0.2, -0.15) is 0 Å². The minimum absolute atomic E-state index is 0.765. The second kappa shape index (κ2) is 10.9. The molecule has 3 rings (SSSR count). The van der Waals surface area contributed by atoms with Gasteiger partial charge in [0.15, 0.2) is 25.0 Å². The van der Waals surface area contributed by atoms with E-state index in [1.807, 2.05) is 0 Å². The zero-order valence-electron chi connectivity index (χ0n) is 17.8. The molecule has 0 aromatic rings. The van der Waals surface area contributed by atoms with Crippen molar-refractivity contribution in [1.29, 1.82) is 0 Å². The van der Waals surface area contributed by atoms with Crippen molar-refractivity contribution < 1.29 is 79.5 Å². The van der Waals surface area contributed by atoms with Crippen LogP contribution in [0.3, 0.4) is 0 Å². The molecule has 3 heterocycles. The van der Waals surface area contributed by atoms with Crippen LogP contribution >= 0.6 is 0 Å². The molecule has 3 fully saturated rings. The van der Waals surface area contributed by atoms with Crippen LogP contribution in [0.25, 0.3) is 0 Å². The summed E-state index contributed by atoms with van der Waals surface area (Å²) in [6.45, 7) is 0.581. The molecule has 3 aliphatic rings. The Balaban J connectivity index is 1.82. The lowest BCUT2D eigenvalue weighted by atomic mass is 9.96. The van der Waals surface area contributed by atoms with Crippen LogP contribution in [-0.4, -0.2) is 156 Å². The first kappa shape index (κ1) is 27.5. The van der Waals surface area contributed by atoms with Gasteiger partial charge in [0.2, 0.25) is 0 Å². The fourth-order valence-electron chi connectivity index (χ4n) is 4.00. The molecular weight excluding hydrogens is 472 g/mol. The number of carboxylic acid groups (broad SMARTS) is 1. The summed E-state index contributed by atoms with van der Waals surface area (Å²) >= 11 is 0. The zero-order valence-corrected chi connectivity index (χ0v) is 17.8. The number of hydrogen-bond acceptors (Lipinski definition) is 15. The summed E-state index contributed by atoms with van der Waals surface area (Å²) in [5, 5.41) is 99.1. The van der Waals surface area contributed by atoms with Crippen LogP contribution in [0.5, 0.6) is 0 Å². The number of aliphatic hydroxyl groups is 9. The molecule has 0 bridgehead atoms. The maximum Gasteiger partial charge on any atom is 0.335 e. The highest BCUT2D eigenvalue weighted by Gasteiger charge is 2.53. The lowest BCUT2D eigenvalue weighted by Gasteiger charge is -2.47. The summed E-state index contributed by atoms with van der Waals surface area (Å²) in [7, 11) is 0. The molecule has 198 valence electrons. The highest BCUT2D eigenvalue weighted by atomic mass is 16.8.